The highest BCUT2D eigenvalue weighted by molar-refractivity contribution is 7.21. The highest BCUT2D eigenvalue weighted by Gasteiger charge is 2.26. The van der Waals surface area contributed by atoms with Crippen LogP contribution in [0.2, 0.25) is 10.0 Å². The number of rotatable bonds is 5. The van der Waals surface area contributed by atoms with Crippen LogP contribution >= 0.6 is 34.5 Å². The molecule has 0 aliphatic heterocycles. The Balaban J connectivity index is 1.62. The van der Waals surface area contributed by atoms with Crippen LogP contribution in [0.25, 0.3) is 21.5 Å². The summed E-state index contributed by atoms with van der Waals surface area (Å²) in [4.78, 5) is 15.4. The van der Waals surface area contributed by atoms with Gasteiger partial charge in [-0.15, -0.1) is 21.5 Å². The first-order valence-corrected chi connectivity index (χ1v) is 10.6. The van der Waals surface area contributed by atoms with Gasteiger partial charge in [0, 0.05) is 16.1 Å². The Labute approximate surface area is 181 Å². The van der Waals surface area contributed by atoms with E-state index in [4.69, 9.17) is 27.6 Å². The standard InChI is InChI=1S/C21H17Cl2N3O2S/c1-12(2)26(21(27)19-18(23)14-8-4-6-10-16(14)29-19)11-17-24-25-20(28-17)13-7-3-5-9-15(13)22/h3-10,12H,11H2,1-2H3. The molecular formula is C21H17Cl2N3O2S. The summed E-state index contributed by atoms with van der Waals surface area (Å²) in [6.45, 7) is 4.05. The molecule has 8 heteroatoms. The molecule has 2 heterocycles. The minimum atomic E-state index is -0.163. The second-order valence-electron chi connectivity index (χ2n) is 6.75. The maximum atomic E-state index is 13.3. The van der Waals surface area contributed by atoms with Crippen molar-refractivity contribution < 1.29 is 9.21 Å². The van der Waals surface area contributed by atoms with Gasteiger partial charge in [0.1, 0.15) is 4.88 Å². The molecule has 0 radical (unpaired) electrons. The number of benzene rings is 2. The van der Waals surface area contributed by atoms with E-state index in [1.807, 2.05) is 56.3 Å². The molecule has 4 aromatic rings. The number of nitrogens with zero attached hydrogens (tertiary/aromatic N) is 3. The Morgan fingerprint density at radius 2 is 1.83 bits per heavy atom. The van der Waals surface area contributed by atoms with Gasteiger partial charge in [0.2, 0.25) is 11.8 Å². The van der Waals surface area contributed by atoms with Gasteiger partial charge in [-0.2, -0.15) is 0 Å². The number of hydrogen-bond acceptors (Lipinski definition) is 5. The first-order chi connectivity index (χ1) is 14.0. The number of carbonyl (C=O) groups is 1. The van der Waals surface area contributed by atoms with E-state index in [-0.39, 0.29) is 18.5 Å². The van der Waals surface area contributed by atoms with Gasteiger partial charge in [0.15, 0.2) is 0 Å². The van der Waals surface area contributed by atoms with Crippen LogP contribution in [-0.4, -0.2) is 27.0 Å². The average Bonchev–Trinajstić information content (AvgIpc) is 3.31. The lowest BCUT2D eigenvalue weighted by atomic mass is 10.2. The van der Waals surface area contributed by atoms with Crippen LogP contribution in [0.4, 0.5) is 0 Å². The van der Waals surface area contributed by atoms with Crippen LogP contribution in [0.5, 0.6) is 0 Å². The fourth-order valence-corrected chi connectivity index (χ4v) is 4.66. The molecule has 148 valence electrons. The fraction of sp³-hybridized carbons (Fsp3) is 0.190. The number of thiophene rings is 1. The van der Waals surface area contributed by atoms with Crippen molar-refractivity contribution in [3.63, 3.8) is 0 Å². The maximum absolute atomic E-state index is 13.3. The SMILES string of the molecule is CC(C)N(Cc1nnc(-c2ccccc2Cl)o1)C(=O)c1sc2ccccc2c1Cl. The fourth-order valence-electron chi connectivity index (χ4n) is 2.98. The summed E-state index contributed by atoms with van der Waals surface area (Å²) in [6, 6.07) is 14.9. The van der Waals surface area contributed by atoms with E-state index in [0.29, 0.717) is 32.3 Å². The minimum Gasteiger partial charge on any atom is -0.419 e. The largest absolute Gasteiger partial charge is 0.419 e. The van der Waals surface area contributed by atoms with Crippen molar-refractivity contribution in [1.82, 2.24) is 15.1 Å². The van der Waals surface area contributed by atoms with Crippen molar-refractivity contribution in [3.05, 3.63) is 69.3 Å². The predicted octanol–water partition coefficient (Wildman–Crippen LogP) is 6.31. The van der Waals surface area contributed by atoms with Gasteiger partial charge in [0.25, 0.3) is 5.91 Å². The van der Waals surface area contributed by atoms with Crippen LogP contribution in [-0.2, 0) is 6.54 Å². The highest BCUT2D eigenvalue weighted by Crippen LogP contribution is 2.36. The monoisotopic (exact) mass is 445 g/mol. The lowest BCUT2D eigenvalue weighted by Gasteiger charge is -2.24. The molecule has 4 rings (SSSR count). The first-order valence-electron chi connectivity index (χ1n) is 9.01. The van der Waals surface area contributed by atoms with Crippen molar-refractivity contribution in [1.29, 1.82) is 0 Å². The first kappa shape index (κ1) is 19.9. The molecule has 5 nitrogen and oxygen atoms in total. The van der Waals surface area contributed by atoms with Crippen LogP contribution in [0.3, 0.4) is 0 Å². The maximum Gasteiger partial charge on any atom is 0.266 e. The molecule has 0 saturated carbocycles. The van der Waals surface area contributed by atoms with E-state index >= 15 is 0 Å². The molecule has 0 saturated heterocycles. The molecule has 0 unspecified atom stereocenters. The molecular weight excluding hydrogens is 429 g/mol. The average molecular weight is 446 g/mol. The van der Waals surface area contributed by atoms with Crippen molar-refractivity contribution in [2.75, 3.05) is 0 Å². The molecule has 1 amide bonds. The number of aromatic nitrogens is 2. The van der Waals surface area contributed by atoms with E-state index in [1.165, 1.54) is 11.3 Å². The number of hydrogen-bond donors (Lipinski definition) is 0. The minimum absolute atomic E-state index is 0.0838. The number of fused-ring (bicyclic) bond motifs is 1. The normalized spacial score (nSPS) is 11.3. The van der Waals surface area contributed by atoms with E-state index < -0.39 is 0 Å². The second kappa shape index (κ2) is 8.14. The van der Waals surface area contributed by atoms with Gasteiger partial charge in [-0.25, -0.2) is 0 Å². The van der Waals surface area contributed by atoms with E-state index in [9.17, 15) is 4.79 Å². The van der Waals surface area contributed by atoms with Gasteiger partial charge >= 0.3 is 0 Å². The van der Waals surface area contributed by atoms with Crippen LogP contribution in [0.1, 0.15) is 29.4 Å². The Morgan fingerprint density at radius 1 is 1.10 bits per heavy atom. The molecule has 0 bridgehead atoms. The summed E-state index contributed by atoms with van der Waals surface area (Å²) in [5.41, 5.74) is 0.655. The summed E-state index contributed by atoms with van der Waals surface area (Å²) < 4.78 is 6.75. The molecule has 0 atom stereocenters. The lowest BCUT2D eigenvalue weighted by Crippen LogP contribution is -2.36. The molecule has 0 spiro atoms. The number of halogens is 2. The zero-order valence-electron chi connectivity index (χ0n) is 15.7. The third-order valence-corrected chi connectivity index (χ3v) is 6.48. The quantitative estimate of drug-likeness (QED) is 0.361. The lowest BCUT2D eigenvalue weighted by molar-refractivity contribution is 0.0677. The highest BCUT2D eigenvalue weighted by atomic mass is 35.5. The van der Waals surface area contributed by atoms with E-state index in [1.54, 1.807) is 11.0 Å². The van der Waals surface area contributed by atoms with Crippen molar-refractivity contribution in [3.8, 4) is 11.5 Å². The zero-order valence-corrected chi connectivity index (χ0v) is 18.1. The molecule has 0 aliphatic rings. The topological polar surface area (TPSA) is 59.2 Å². The number of carbonyl (C=O) groups excluding carboxylic acids is 1. The number of amides is 1. The zero-order chi connectivity index (χ0) is 20.5. The molecule has 2 aromatic heterocycles. The Morgan fingerprint density at radius 3 is 2.55 bits per heavy atom. The van der Waals surface area contributed by atoms with Gasteiger partial charge in [0.05, 0.1) is 22.2 Å². The third-order valence-electron chi connectivity index (χ3n) is 4.49. The molecule has 29 heavy (non-hydrogen) atoms. The van der Waals surface area contributed by atoms with Gasteiger partial charge in [-0.05, 0) is 32.0 Å². The molecule has 0 N–H and O–H groups in total. The summed E-state index contributed by atoms with van der Waals surface area (Å²) >= 11 is 14.1. The van der Waals surface area contributed by atoms with Crippen LogP contribution < -0.4 is 0 Å². The Kier molecular flexibility index (Phi) is 5.58. The van der Waals surface area contributed by atoms with Crippen molar-refractivity contribution in [2.45, 2.75) is 26.4 Å². The molecule has 2 aromatic carbocycles. The van der Waals surface area contributed by atoms with Gasteiger partial charge in [-0.1, -0.05) is 53.5 Å². The smallest absolute Gasteiger partial charge is 0.266 e. The van der Waals surface area contributed by atoms with Gasteiger partial charge < -0.3 is 9.32 Å². The summed E-state index contributed by atoms with van der Waals surface area (Å²) in [5, 5.41) is 10.1. The molecule has 0 aliphatic carbocycles. The van der Waals surface area contributed by atoms with Crippen LogP contribution in [0, 0.1) is 0 Å². The van der Waals surface area contributed by atoms with Crippen LogP contribution in [0.15, 0.2) is 52.9 Å². The third kappa shape index (κ3) is 3.88. The molecule has 0 fully saturated rings. The predicted molar refractivity (Wildman–Crippen MR) is 117 cm³/mol. The van der Waals surface area contributed by atoms with Gasteiger partial charge in [-0.3, -0.25) is 4.79 Å². The van der Waals surface area contributed by atoms with Crippen molar-refractivity contribution >= 4 is 50.5 Å². The van der Waals surface area contributed by atoms with Crippen molar-refractivity contribution in [2.24, 2.45) is 0 Å². The summed E-state index contributed by atoms with van der Waals surface area (Å²) in [6.07, 6.45) is 0. The van der Waals surface area contributed by atoms with E-state index in [0.717, 1.165) is 10.1 Å². The Hall–Kier alpha value is -2.41. The summed E-state index contributed by atoms with van der Waals surface area (Å²) in [7, 11) is 0. The Bertz CT molecular complexity index is 1190. The second-order valence-corrected chi connectivity index (χ2v) is 8.59. The summed E-state index contributed by atoms with van der Waals surface area (Å²) in [5.74, 6) is 0.490. The van der Waals surface area contributed by atoms with E-state index in [2.05, 4.69) is 10.2 Å².